The maximum Gasteiger partial charge on any atom is 0.412 e. The van der Waals surface area contributed by atoms with Crippen molar-refractivity contribution in [3.05, 3.63) is 64.7 Å². The zero-order valence-electron chi connectivity index (χ0n) is 17.6. The summed E-state index contributed by atoms with van der Waals surface area (Å²) in [6.07, 6.45) is 3.22. The number of allylic oxidation sites excluding steroid dienone is 1. The number of phenolic OH excluding ortho intramolecular Hbond substituents is 1. The Morgan fingerprint density at radius 2 is 1.94 bits per heavy atom. The van der Waals surface area contributed by atoms with Gasteiger partial charge < -0.3 is 14.6 Å². The summed E-state index contributed by atoms with van der Waals surface area (Å²) in [5.74, 6) is -0.698. The van der Waals surface area contributed by atoms with Gasteiger partial charge in [0.05, 0.1) is 6.10 Å². The number of thioether (sulfide) groups is 1. The molecule has 0 aliphatic rings. The SMILES string of the molecule is CO[C@H](CC/C=C/C(=O)NO)[C@H](OC(=O)Nc1ccc(SC)cc1)c1cc(Br)ccc1O. The molecular formula is C22H25BrN2O6S. The number of hydrogen-bond donors (Lipinski definition) is 4. The number of phenols is 1. The van der Waals surface area contributed by atoms with Crippen LogP contribution in [0.2, 0.25) is 0 Å². The van der Waals surface area contributed by atoms with Crippen LogP contribution in [0.3, 0.4) is 0 Å². The fourth-order valence-corrected chi connectivity index (χ4v) is 3.70. The quantitative estimate of drug-likeness (QED) is 0.149. The molecule has 0 radical (unpaired) electrons. The number of halogens is 1. The van der Waals surface area contributed by atoms with Gasteiger partial charge in [-0.2, -0.15) is 0 Å². The van der Waals surface area contributed by atoms with E-state index < -0.39 is 24.2 Å². The first-order chi connectivity index (χ1) is 15.4. The van der Waals surface area contributed by atoms with E-state index >= 15 is 0 Å². The predicted octanol–water partition coefficient (Wildman–Crippen LogP) is 5.02. The van der Waals surface area contributed by atoms with Crippen molar-refractivity contribution in [3.8, 4) is 5.75 Å². The average Bonchev–Trinajstić information content (AvgIpc) is 2.80. The minimum atomic E-state index is -0.928. The lowest BCUT2D eigenvalue weighted by atomic mass is 9.99. The zero-order chi connectivity index (χ0) is 23.5. The lowest BCUT2D eigenvalue weighted by Gasteiger charge is -2.27. The third kappa shape index (κ3) is 7.86. The molecule has 32 heavy (non-hydrogen) atoms. The Kier molecular flexibility index (Phi) is 10.5. The van der Waals surface area contributed by atoms with Crippen molar-refractivity contribution in [2.45, 2.75) is 29.9 Å². The molecule has 0 fully saturated rings. The smallest absolute Gasteiger partial charge is 0.412 e. The number of methoxy groups -OCH3 is 1. The summed E-state index contributed by atoms with van der Waals surface area (Å²) in [5.41, 5.74) is 2.45. The van der Waals surface area contributed by atoms with E-state index in [0.717, 1.165) is 4.90 Å². The van der Waals surface area contributed by atoms with Gasteiger partial charge in [-0.05, 0) is 61.6 Å². The molecule has 0 aliphatic carbocycles. The molecule has 0 unspecified atom stereocenters. The number of hydroxylamine groups is 1. The van der Waals surface area contributed by atoms with E-state index in [0.29, 0.717) is 28.6 Å². The van der Waals surface area contributed by atoms with Crippen molar-refractivity contribution in [1.29, 1.82) is 0 Å². The molecule has 0 spiro atoms. The Morgan fingerprint density at radius 1 is 1.22 bits per heavy atom. The van der Waals surface area contributed by atoms with E-state index in [1.54, 1.807) is 42.1 Å². The van der Waals surface area contributed by atoms with Gasteiger partial charge in [0.2, 0.25) is 0 Å². The largest absolute Gasteiger partial charge is 0.508 e. The topological polar surface area (TPSA) is 117 Å². The van der Waals surface area contributed by atoms with Crippen LogP contribution >= 0.6 is 27.7 Å². The number of hydrogen-bond acceptors (Lipinski definition) is 7. The number of ether oxygens (including phenoxy) is 2. The molecule has 2 atom stereocenters. The highest BCUT2D eigenvalue weighted by molar-refractivity contribution is 9.10. The van der Waals surface area contributed by atoms with Crippen LogP contribution in [0.4, 0.5) is 10.5 Å². The second kappa shape index (κ2) is 13.1. The lowest BCUT2D eigenvalue weighted by molar-refractivity contribution is -0.124. The third-order valence-electron chi connectivity index (χ3n) is 4.50. The molecule has 0 bridgehead atoms. The fourth-order valence-electron chi connectivity index (χ4n) is 2.91. The lowest BCUT2D eigenvalue weighted by Crippen LogP contribution is -2.28. The van der Waals surface area contributed by atoms with E-state index in [-0.39, 0.29) is 5.75 Å². The first-order valence-electron chi connectivity index (χ1n) is 9.61. The zero-order valence-corrected chi connectivity index (χ0v) is 20.0. The van der Waals surface area contributed by atoms with Crippen LogP contribution in [0, 0.1) is 0 Å². The summed E-state index contributed by atoms with van der Waals surface area (Å²) < 4.78 is 11.9. The number of aromatic hydroxyl groups is 1. The molecule has 0 saturated heterocycles. The van der Waals surface area contributed by atoms with Gasteiger partial charge >= 0.3 is 6.09 Å². The first kappa shape index (κ1) is 25.7. The molecule has 2 aromatic rings. The first-order valence-corrected chi connectivity index (χ1v) is 11.6. The molecular weight excluding hydrogens is 500 g/mol. The summed E-state index contributed by atoms with van der Waals surface area (Å²) in [4.78, 5) is 24.8. The highest BCUT2D eigenvalue weighted by Gasteiger charge is 2.29. The molecule has 10 heteroatoms. The molecule has 2 amide bonds. The molecule has 0 heterocycles. The number of nitrogens with one attached hydrogen (secondary N) is 2. The second-order valence-electron chi connectivity index (χ2n) is 6.61. The minimum absolute atomic E-state index is 0.0485. The highest BCUT2D eigenvalue weighted by Crippen LogP contribution is 2.35. The molecule has 0 aromatic heterocycles. The number of rotatable bonds is 10. The maximum absolute atomic E-state index is 12.6. The normalized spacial score (nSPS) is 12.9. The average molecular weight is 525 g/mol. The van der Waals surface area contributed by atoms with Crippen molar-refractivity contribution >= 4 is 45.4 Å². The van der Waals surface area contributed by atoms with E-state index in [9.17, 15) is 14.7 Å². The summed E-state index contributed by atoms with van der Waals surface area (Å²) >= 11 is 4.96. The summed E-state index contributed by atoms with van der Waals surface area (Å²) in [6, 6.07) is 12.1. The van der Waals surface area contributed by atoms with Crippen molar-refractivity contribution in [3.63, 3.8) is 0 Å². The van der Waals surface area contributed by atoms with Crippen LogP contribution in [0.1, 0.15) is 24.5 Å². The maximum atomic E-state index is 12.6. The van der Waals surface area contributed by atoms with Crippen LogP contribution in [0.15, 0.2) is 64.0 Å². The van der Waals surface area contributed by atoms with Crippen LogP contribution in [0.25, 0.3) is 0 Å². The molecule has 2 rings (SSSR count). The number of carbonyl (C=O) groups is 2. The second-order valence-corrected chi connectivity index (χ2v) is 8.41. The minimum Gasteiger partial charge on any atom is -0.508 e. The van der Waals surface area contributed by atoms with Gasteiger partial charge in [-0.15, -0.1) is 11.8 Å². The molecule has 172 valence electrons. The molecule has 0 aliphatic heterocycles. The summed E-state index contributed by atoms with van der Waals surface area (Å²) in [5, 5.41) is 21.6. The van der Waals surface area contributed by atoms with Crippen molar-refractivity contribution in [1.82, 2.24) is 5.48 Å². The number of carbonyl (C=O) groups excluding carboxylic acids is 2. The van der Waals surface area contributed by atoms with E-state index in [1.165, 1.54) is 24.7 Å². The Hall–Kier alpha value is -2.53. The van der Waals surface area contributed by atoms with E-state index in [2.05, 4.69) is 21.2 Å². The van der Waals surface area contributed by atoms with Gasteiger partial charge in [-0.1, -0.05) is 22.0 Å². The Bertz CT molecular complexity index is 939. The van der Waals surface area contributed by atoms with Crippen molar-refractivity contribution in [2.75, 3.05) is 18.7 Å². The summed E-state index contributed by atoms with van der Waals surface area (Å²) in [6.45, 7) is 0. The monoisotopic (exact) mass is 524 g/mol. The van der Waals surface area contributed by atoms with Crippen molar-refractivity contribution in [2.24, 2.45) is 0 Å². The van der Waals surface area contributed by atoms with Crippen LogP contribution in [-0.2, 0) is 14.3 Å². The predicted molar refractivity (Wildman–Crippen MR) is 126 cm³/mol. The highest BCUT2D eigenvalue weighted by atomic mass is 79.9. The van der Waals surface area contributed by atoms with Gasteiger partial charge in [0, 0.05) is 33.8 Å². The Morgan fingerprint density at radius 3 is 2.56 bits per heavy atom. The van der Waals surface area contributed by atoms with Crippen LogP contribution < -0.4 is 10.8 Å². The number of benzene rings is 2. The standard InChI is InChI=1S/C22H25BrN2O6S/c1-30-19(5-3-4-6-20(27)25-29)21(17-13-14(23)7-12-18(17)26)31-22(28)24-15-8-10-16(32-2)11-9-15/h4,6-13,19,21,26,29H,3,5H2,1-2H3,(H,24,28)(H,25,27)/b6-4+/t19-,21-/m1/s1. The molecule has 8 nitrogen and oxygen atoms in total. The summed E-state index contributed by atoms with van der Waals surface area (Å²) in [7, 11) is 1.47. The van der Waals surface area contributed by atoms with Crippen molar-refractivity contribution < 1.29 is 29.4 Å². The van der Waals surface area contributed by atoms with Gasteiger partial charge in [-0.3, -0.25) is 15.3 Å². The van der Waals surface area contributed by atoms with Gasteiger partial charge in [0.15, 0.2) is 6.10 Å². The number of amides is 2. The Balaban J connectivity index is 2.20. The van der Waals surface area contributed by atoms with Crippen LogP contribution in [-0.4, -0.2) is 41.8 Å². The third-order valence-corrected chi connectivity index (χ3v) is 5.74. The number of anilines is 1. The molecule has 2 aromatic carbocycles. The van der Waals surface area contributed by atoms with Gasteiger partial charge in [0.1, 0.15) is 5.75 Å². The van der Waals surface area contributed by atoms with E-state index in [1.807, 2.05) is 18.4 Å². The van der Waals surface area contributed by atoms with Gasteiger partial charge in [-0.25, -0.2) is 10.3 Å². The molecule has 0 saturated carbocycles. The Labute approximate surface area is 199 Å². The fraction of sp³-hybridized carbons (Fsp3) is 0.273. The molecule has 4 N–H and O–H groups in total. The van der Waals surface area contributed by atoms with Crippen LogP contribution in [0.5, 0.6) is 5.75 Å². The van der Waals surface area contributed by atoms with E-state index in [4.69, 9.17) is 14.7 Å². The van der Waals surface area contributed by atoms with Gasteiger partial charge in [0.25, 0.3) is 5.91 Å².